The van der Waals surface area contributed by atoms with Gasteiger partial charge in [-0.1, -0.05) is 12.1 Å². The summed E-state index contributed by atoms with van der Waals surface area (Å²) in [6.45, 7) is 3.77. The zero-order chi connectivity index (χ0) is 22.7. The first-order chi connectivity index (χ1) is 15.4. The first-order valence-corrected chi connectivity index (χ1v) is 10.3. The summed E-state index contributed by atoms with van der Waals surface area (Å²) in [5.41, 5.74) is 4.74. The SMILES string of the molecule is Cc1nc(Nc2cnn(CC(=O)N(C)C)c2)nc2c1CCN2Cc1ccc(NC#N)cc1. The second-order valence-corrected chi connectivity index (χ2v) is 7.88. The Kier molecular flexibility index (Phi) is 5.89. The van der Waals surface area contributed by atoms with E-state index in [0.717, 1.165) is 53.5 Å². The van der Waals surface area contributed by atoms with Crippen molar-refractivity contribution in [2.45, 2.75) is 26.4 Å². The number of hydrogen-bond acceptors (Lipinski definition) is 8. The molecule has 10 nitrogen and oxygen atoms in total. The Bertz CT molecular complexity index is 1160. The van der Waals surface area contributed by atoms with Crippen molar-refractivity contribution in [3.8, 4) is 6.19 Å². The van der Waals surface area contributed by atoms with Crippen LogP contribution in [-0.4, -0.2) is 51.2 Å². The average Bonchev–Trinajstić information content (AvgIpc) is 3.37. The molecule has 1 aromatic carbocycles. The third-order valence-corrected chi connectivity index (χ3v) is 5.34. The maximum atomic E-state index is 11.9. The number of rotatable bonds is 7. The Morgan fingerprint density at radius 2 is 2.00 bits per heavy atom. The summed E-state index contributed by atoms with van der Waals surface area (Å²) in [7, 11) is 3.44. The van der Waals surface area contributed by atoms with Crippen LogP contribution in [-0.2, 0) is 24.3 Å². The lowest BCUT2D eigenvalue weighted by atomic mass is 10.2. The molecule has 3 aromatic rings. The van der Waals surface area contributed by atoms with E-state index in [9.17, 15) is 4.79 Å². The van der Waals surface area contributed by atoms with E-state index >= 15 is 0 Å². The number of aromatic nitrogens is 4. The molecule has 0 saturated heterocycles. The van der Waals surface area contributed by atoms with Crippen LogP contribution < -0.4 is 15.5 Å². The highest BCUT2D eigenvalue weighted by atomic mass is 16.2. The summed E-state index contributed by atoms with van der Waals surface area (Å²) >= 11 is 0. The highest BCUT2D eigenvalue weighted by molar-refractivity contribution is 5.75. The van der Waals surface area contributed by atoms with E-state index in [1.165, 1.54) is 4.90 Å². The van der Waals surface area contributed by atoms with E-state index in [2.05, 4.69) is 25.6 Å². The predicted molar refractivity (Wildman–Crippen MR) is 121 cm³/mol. The number of benzene rings is 1. The minimum absolute atomic E-state index is 0.0312. The van der Waals surface area contributed by atoms with Crippen molar-refractivity contribution in [3.05, 3.63) is 53.5 Å². The normalized spacial score (nSPS) is 12.2. The van der Waals surface area contributed by atoms with Gasteiger partial charge in [-0.3, -0.25) is 14.8 Å². The Labute approximate surface area is 186 Å². The number of carbonyl (C=O) groups is 1. The van der Waals surface area contributed by atoms with Crippen molar-refractivity contribution >= 4 is 29.0 Å². The second-order valence-electron chi connectivity index (χ2n) is 7.88. The molecule has 0 atom stereocenters. The predicted octanol–water partition coefficient (Wildman–Crippen LogP) is 2.27. The molecule has 1 aliphatic rings. The molecule has 0 spiro atoms. The minimum Gasteiger partial charge on any atom is -0.352 e. The Hall–Kier alpha value is -4.13. The average molecular weight is 432 g/mol. The minimum atomic E-state index is -0.0312. The van der Waals surface area contributed by atoms with Crippen molar-refractivity contribution in [2.24, 2.45) is 0 Å². The van der Waals surface area contributed by atoms with Crippen molar-refractivity contribution in [1.82, 2.24) is 24.6 Å². The number of nitrogens with zero attached hydrogens (tertiary/aromatic N) is 7. The summed E-state index contributed by atoms with van der Waals surface area (Å²) in [5, 5.41) is 18.8. The summed E-state index contributed by atoms with van der Waals surface area (Å²) in [6.07, 6.45) is 6.25. The van der Waals surface area contributed by atoms with Crippen molar-refractivity contribution in [2.75, 3.05) is 36.2 Å². The van der Waals surface area contributed by atoms with E-state index in [4.69, 9.17) is 10.2 Å². The van der Waals surface area contributed by atoms with Gasteiger partial charge < -0.3 is 15.1 Å². The molecular weight excluding hydrogens is 406 g/mol. The lowest BCUT2D eigenvalue weighted by molar-refractivity contribution is -0.129. The smallest absolute Gasteiger partial charge is 0.243 e. The monoisotopic (exact) mass is 431 g/mol. The van der Waals surface area contributed by atoms with Crippen LogP contribution >= 0.6 is 0 Å². The molecule has 2 aromatic heterocycles. The number of hydrogen-bond donors (Lipinski definition) is 2. The number of nitriles is 1. The van der Waals surface area contributed by atoms with Crippen LogP contribution in [0.25, 0.3) is 0 Å². The number of likely N-dealkylation sites (N-methyl/N-ethyl adjacent to an activating group) is 1. The van der Waals surface area contributed by atoms with Crippen LogP contribution in [0, 0.1) is 18.4 Å². The highest BCUT2D eigenvalue weighted by Gasteiger charge is 2.24. The molecule has 3 heterocycles. The molecule has 0 fully saturated rings. The molecular formula is C22H25N9O. The number of nitrogens with one attached hydrogen (secondary N) is 2. The van der Waals surface area contributed by atoms with Crippen LogP contribution in [0.1, 0.15) is 16.8 Å². The summed E-state index contributed by atoms with van der Waals surface area (Å²) < 4.78 is 1.59. The molecule has 0 saturated carbocycles. The van der Waals surface area contributed by atoms with Gasteiger partial charge in [0.2, 0.25) is 11.9 Å². The quantitative estimate of drug-likeness (QED) is 0.432. The first kappa shape index (κ1) is 21.1. The third-order valence-electron chi connectivity index (χ3n) is 5.34. The molecule has 1 aliphatic heterocycles. The number of anilines is 4. The van der Waals surface area contributed by atoms with Gasteiger partial charge >= 0.3 is 0 Å². The topological polar surface area (TPSA) is 115 Å². The van der Waals surface area contributed by atoms with Crippen LogP contribution in [0.3, 0.4) is 0 Å². The van der Waals surface area contributed by atoms with Gasteiger partial charge in [0.05, 0.1) is 11.9 Å². The van der Waals surface area contributed by atoms with E-state index in [1.807, 2.05) is 37.4 Å². The van der Waals surface area contributed by atoms with Crippen LogP contribution in [0.5, 0.6) is 0 Å². The zero-order valence-corrected chi connectivity index (χ0v) is 18.3. The Morgan fingerprint density at radius 1 is 1.22 bits per heavy atom. The summed E-state index contributed by atoms with van der Waals surface area (Å²) in [6, 6.07) is 7.81. The zero-order valence-electron chi connectivity index (χ0n) is 18.3. The van der Waals surface area contributed by atoms with Gasteiger partial charge in [0, 0.05) is 50.3 Å². The third kappa shape index (κ3) is 4.62. The molecule has 164 valence electrons. The summed E-state index contributed by atoms with van der Waals surface area (Å²) in [4.78, 5) is 25.0. The van der Waals surface area contributed by atoms with Crippen molar-refractivity contribution in [3.63, 3.8) is 0 Å². The van der Waals surface area contributed by atoms with Gasteiger partial charge in [0.1, 0.15) is 12.4 Å². The van der Waals surface area contributed by atoms with Gasteiger partial charge in [0.25, 0.3) is 0 Å². The van der Waals surface area contributed by atoms with Crippen molar-refractivity contribution in [1.29, 1.82) is 5.26 Å². The van der Waals surface area contributed by atoms with E-state index in [1.54, 1.807) is 31.2 Å². The molecule has 4 rings (SSSR count). The number of aryl methyl sites for hydroxylation is 1. The van der Waals surface area contributed by atoms with Gasteiger partial charge in [-0.05, 0) is 31.0 Å². The molecule has 32 heavy (non-hydrogen) atoms. The van der Waals surface area contributed by atoms with Gasteiger partial charge in [-0.15, -0.1) is 0 Å². The molecule has 0 unspecified atom stereocenters. The summed E-state index contributed by atoms with van der Waals surface area (Å²) in [5.74, 6) is 1.39. The first-order valence-electron chi connectivity index (χ1n) is 10.3. The van der Waals surface area contributed by atoms with E-state index in [0.29, 0.717) is 5.95 Å². The lowest BCUT2D eigenvalue weighted by Crippen LogP contribution is -2.26. The second kappa shape index (κ2) is 8.93. The Balaban J connectivity index is 1.49. The molecule has 0 bridgehead atoms. The van der Waals surface area contributed by atoms with Gasteiger partial charge in [-0.2, -0.15) is 15.3 Å². The van der Waals surface area contributed by atoms with Gasteiger partial charge in [0.15, 0.2) is 6.19 Å². The number of amides is 1. The largest absolute Gasteiger partial charge is 0.352 e. The fourth-order valence-corrected chi connectivity index (χ4v) is 3.60. The highest BCUT2D eigenvalue weighted by Crippen LogP contribution is 2.31. The van der Waals surface area contributed by atoms with Crippen molar-refractivity contribution < 1.29 is 4.79 Å². The molecule has 1 amide bonds. The van der Waals surface area contributed by atoms with Crippen LogP contribution in [0.15, 0.2) is 36.7 Å². The van der Waals surface area contributed by atoms with Crippen LogP contribution in [0.4, 0.5) is 23.1 Å². The Morgan fingerprint density at radius 3 is 2.72 bits per heavy atom. The maximum absolute atomic E-state index is 11.9. The molecule has 2 N–H and O–H groups in total. The van der Waals surface area contributed by atoms with Gasteiger partial charge in [-0.25, -0.2) is 4.98 Å². The standard InChI is InChI=1S/C22H25N9O/c1-15-19-8-9-30(11-16-4-6-17(7-5-16)24-14-23)21(19)28-22(26-15)27-18-10-25-31(12-18)13-20(32)29(2)3/h4-7,10,12,24H,8-9,11,13H2,1-3H3,(H,26,27,28). The fraction of sp³-hybridized carbons (Fsp3) is 0.318. The molecule has 10 heteroatoms. The van der Waals surface area contributed by atoms with Crippen LogP contribution in [0.2, 0.25) is 0 Å². The molecule has 0 aliphatic carbocycles. The lowest BCUT2D eigenvalue weighted by Gasteiger charge is -2.19. The molecule has 0 radical (unpaired) electrons. The number of carbonyl (C=O) groups excluding carboxylic acids is 1. The van der Waals surface area contributed by atoms with E-state index < -0.39 is 0 Å². The van der Waals surface area contributed by atoms with E-state index in [-0.39, 0.29) is 12.5 Å². The fourth-order valence-electron chi connectivity index (χ4n) is 3.60. The number of fused-ring (bicyclic) bond motifs is 1. The maximum Gasteiger partial charge on any atom is 0.243 e.